The molecule has 2 aliphatic rings. The van der Waals surface area contributed by atoms with Crippen molar-refractivity contribution in [3.63, 3.8) is 0 Å². The van der Waals surface area contributed by atoms with Crippen LogP contribution in [-0.4, -0.2) is 56.1 Å². The van der Waals surface area contributed by atoms with Gasteiger partial charge < -0.3 is 14.5 Å². The van der Waals surface area contributed by atoms with E-state index in [-0.39, 0.29) is 18.6 Å². The molecule has 5 aromatic carbocycles. The molecule has 2 aliphatic heterocycles. The van der Waals surface area contributed by atoms with Crippen molar-refractivity contribution < 1.29 is 14.3 Å². The van der Waals surface area contributed by atoms with E-state index in [9.17, 15) is 9.59 Å². The molecule has 0 unspecified atom stereocenters. The van der Waals surface area contributed by atoms with Crippen molar-refractivity contribution in [3.8, 4) is 11.3 Å². The van der Waals surface area contributed by atoms with Crippen LogP contribution in [-0.2, 0) is 28.7 Å². The number of likely N-dealkylation sites (tertiary alicyclic amines) is 1. The number of amides is 2. The zero-order chi connectivity index (χ0) is 36.7. The lowest BCUT2D eigenvalue weighted by Gasteiger charge is -2.37. The van der Waals surface area contributed by atoms with Crippen LogP contribution < -0.4 is 4.90 Å². The number of carbonyl (C=O) groups excluding carboxylic acids is 2. The van der Waals surface area contributed by atoms with Gasteiger partial charge in [0.25, 0.3) is 0 Å². The van der Waals surface area contributed by atoms with Gasteiger partial charge in [0.2, 0.25) is 5.91 Å². The normalized spacial score (nSPS) is 17.2. The van der Waals surface area contributed by atoms with Crippen LogP contribution in [0.25, 0.3) is 22.2 Å². The zero-order valence-corrected chi connectivity index (χ0v) is 30.1. The van der Waals surface area contributed by atoms with Crippen LogP contribution in [0.1, 0.15) is 35.1 Å². The first-order chi connectivity index (χ1) is 26.5. The monoisotopic (exact) mass is 712 g/mol. The highest BCUT2D eigenvalue weighted by atomic mass is 16.6. The van der Waals surface area contributed by atoms with Crippen molar-refractivity contribution in [2.75, 3.05) is 24.5 Å². The van der Waals surface area contributed by atoms with E-state index in [4.69, 9.17) is 9.84 Å². The van der Waals surface area contributed by atoms with Crippen molar-refractivity contribution in [2.24, 2.45) is 12.5 Å². The maximum atomic E-state index is 14.4. The lowest BCUT2D eigenvalue weighted by molar-refractivity contribution is -0.124. The minimum absolute atomic E-state index is 0.0442. The van der Waals surface area contributed by atoms with Gasteiger partial charge >= 0.3 is 6.09 Å². The van der Waals surface area contributed by atoms with E-state index < -0.39 is 11.0 Å². The van der Waals surface area contributed by atoms with Crippen molar-refractivity contribution >= 4 is 28.6 Å². The smallest absolute Gasteiger partial charge is 0.410 e. The number of ether oxygens (including phenoxy) is 1. The minimum atomic E-state index is -0.833. The second-order valence-corrected chi connectivity index (χ2v) is 14.4. The molecule has 2 aromatic heterocycles. The van der Waals surface area contributed by atoms with Crippen molar-refractivity contribution in [1.82, 2.24) is 24.5 Å². The average molecular weight is 713 g/mol. The molecule has 9 heteroatoms. The topological polar surface area (TPSA) is 85.5 Å². The Hall–Kier alpha value is -6.48. The number of rotatable bonds is 8. The van der Waals surface area contributed by atoms with Gasteiger partial charge in [-0.3, -0.25) is 9.48 Å². The Labute approximate surface area is 314 Å². The summed E-state index contributed by atoms with van der Waals surface area (Å²) in [6.45, 7) is 1.61. The summed E-state index contributed by atoms with van der Waals surface area (Å²) in [4.78, 5) is 31.1. The Bertz CT molecular complexity index is 2350. The van der Waals surface area contributed by atoms with E-state index in [1.54, 1.807) is 9.58 Å². The molecule has 1 atom stereocenters. The van der Waals surface area contributed by atoms with Crippen LogP contribution in [0.5, 0.6) is 0 Å². The molecule has 0 radical (unpaired) electrons. The molecule has 0 N–H and O–H groups in total. The lowest BCUT2D eigenvalue weighted by Crippen LogP contribution is -2.39. The Morgan fingerprint density at radius 1 is 0.778 bits per heavy atom. The molecule has 1 spiro atoms. The molecular formula is C45H40N6O3. The highest BCUT2D eigenvalue weighted by Gasteiger charge is 2.52. The van der Waals surface area contributed by atoms with Gasteiger partial charge in [0.1, 0.15) is 17.8 Å². The highest BCUT2D eigenvalue weighted by Crippen LogP contribution is 2.46. The summed E-state index contributed by atoms with van der Waals surface area (Å²) in [5.41, 5.74) is 6.05. The van der Waals surface area contributed by atoms with Crippen LogP contribution in [0.4, 0.5) is 10.5 Å². The third-order valence-electron chi connectivity index (χ3n) is 11.2. The third kappa shape index (κ3) is 5.55. The fourth-order valence-electron chi connectivity index (χ4n) is 8.48. The molecule has 9 nitrogen and oxygen atoms in total. The number of hydrogen-bond acceptors (Lipinski definition) is 5. The molecule has 9 rings (SSSR count). The molecule has 54 heavy (non-hydrogen) atoms. The molecular weight excluding hydrogens is 673 g/mol. The van der Waals surface area contributed by atoms with E-state index in [0.29, 0.717) is 32.5 Å². The third-order valence-corrected chi connectivity index (χ3v) is 11.2. The van der Waals surface area contributed by atoms with Gasteiger partial charge in [0, 0.05) is 49.5 Å². The number of aromatic nitrogens is 4. The molecule has 2 fully saturated rings. The second kappa shape index (κ2) is 13.5. The van der Waals surface area contributed by atoms with Gasteiger partial charge in [-0.2, -0.15) is 10.2 Å². The Morgan fingerprint density at radius 2 is 1.37 bits per heavy atom. The van der Waals surface area contributed by atoms with Crippen LogP contribution in [0.15, 0.2) is 152 Å². The summed E-state index contributed by atoms with van der Waals surface area (Å²) in [6, 6.07) is 47.4. The number of hydrogen-bond donors (Lipinski definition) is 0. The SMILES string of the molecule is Cn1cc(-c2nn(C(c3ccccc3)(c3ccccc3)c3ccccc3)c3ccc(N4CC[C@]5(CCN(C(=O)OCc6ccccc6)C5)C4=O)cc23)cn1. The molecule has 7 aromatic rings. The molecule has 2 saturated heterocycles. The number of benzene rings is 5. The maximum absolute atomic E-state index is 14.4. The fraction of sp³-hybridized carbons (Fsp3) is 0.200. The molecule has 0 aliphatic carbocycles. The summed E-state index contributed by atoms with van der Waals surface area (Å²) in [5.74, 6) is 0.0442. The summed E-state index contributed by atoms with van der Waals surface area (Å²) >= 11 is 0. The van der Waals surface area contributed by atoms with Gasteiger partial charge in [0.05, 0.1) is 17.1 Å². The molecule has 2 amide bonds. The number of nitrogens with zero attached hydrogens (tertiary/aromatic N) is 6. The quantitative estimate of drug-likeness (QED) is 0.149. The number of carbonyl (C=O) groups is 2. The largest absolute Gasteiger partial charge is 0.445 e. The Balaban J connectivity index is 1.13. The van der Waals surface area contributed by atoms with Crippen molar-refractivity contribution in [1.29, 1.82) is 0 Å². The van der Waals surface area contributed by atoms with E-state index in [0.717, 1.165) is 50.1 Å². The number of aryl methyl sites for hydroxylation is 1. The number of fused-ring (bicyclic) bond motifs is 1. The molecule has 268 valence electrons. The van der Waals surface area contributed by atoms with Gasteiger partial charge in [-0.1, -0.05) is 121 Å². The van der Waals surface area contributed by atoms with Gasteiger partial charge in [-0.15, -0.1) is 0 Å². The lowest BCUT2D eigenvalue weighted by atomic mass is 9.77. The zero-order valence-electron chi connectivity index (χ0n) is 30.1. The molecule has 0 saturated carbocycles. The number of anilines is 1. The van der Waals surface area contributed by atoms with E-state index in [1.807, 2.05) is 78.9 Å². The van der Waals surface area contributed by atoms with Gasteiger partial charge in [0.15, 0.2) is 0 Å². The second-order valence-electron chi connectivity index (χ2n) is 14.4. The predicted molar refractivity (Wildman–Crippen MR) is 209 cm³/mol. The first kappa shape index (κ1) is 33.4. The van der Waals surface area contributed by atoms with Gasteiger partial charge in [-0.25, -0.2) is 9.48 Å². The minimum Gasteiger partial charge on any atom is -0.445 e. The van der Waals surface area contributed by atoms with E-state index >= 15 is 0 Å². The fourth-order valence-corrected chi connectivity index (χ4v) is 8.48. The summed E-state index contributed by atoms with van der Waals surface area (Å²) in [5, 5.41) is 10.9. The van der Waals surface area contributed by atoms with Crippen LogP contribution in [0, 0.1) is 5.41 Å². The summed E-state index contributed by atoms with van der Waals surface area (Å²) in [6.07, 6.45) is 4.72. The highest BCUT2D eigenvalue weighted by molar-refractivity contribution is 6.04. The summed E-state index contributed by atoms with van der Waals surface area (Å²) in [7, 11) is 1.90. The van der Waals surface area contributed by atoms with Crippen LogP contribution in [0.2, 0.25) is 0 Å². The average Bonchev–Trinajstić information content (AvgIpc) is 4.02. The predicted octanol–water partition coefficient (Wildman–Crippen LogP) is 8.04. The molecule has 0 bridgehead atoms. The van der Waals surface area contributed by atoms with Crippen LogP contribution >= 0.6 is 0 Å². The first-order valence-electron chi connectivity index (χ1n) is 18.4. The van der Waals surface area contributed by atoms with Crippen molar-refractivity contribution in [3.05, 3.63) is 174 Å². The Kier molecular flexibility index (Phi) is 8.34. The maximum Gasteiger partial charge on any atom is 0.410 e. The van der Waals surface area contributed by atoms with Gasteiger partial charge in [-0.05, 0) is 53.3 Å². The van der Waals surface area contributed by atoms with Crippen LogP contribution in [0.3, 0.4) is 0 Å². The Morgan fingerprint density at radius 3 is 1.96 bits per heavy atom. The van der Waals surface area contributed by atoms with Crippen molar-refractivity contribution in [2.45, 2.75) is 25.0 Å². The standard InChI is InChI=1S/C45H40N6O3/c1-48-30-34(29-46-48)41-39-28-38(50-27-25-44(42(50)52)24-26-49(32-44)43(53)54-31-33-14-6-2-7-15-33)22-23-40(39)51(47-41)45(35-16-8-3-9-17-35,36-18-10-4-11-19-36)37-20-12-5-13-21-37/h2-23,28-30H,24-27,31-32H2,1H3/t44-/m0/s1. The van der Waals surface area contributed by atoms with E-state index in [1.165, 1.54) is 0 Å². The first-order valence-corrected chi connectivity index (χ1v) is 18.4. The molecule has 4 heterocycles. The van der Waals surface area contributed by atoms with E-state index in [2.05, 4.69) is 94.7 Å². The summed E-state index contributed by atoms with van der Waals surface area (Å²) < 4.78 is 9.57.